The van der Waals surface area contributed by atoms with E-state index in [1.807, 2.05) is 11.0 Å². The fourth-order valence-electron chi connectivity index (χ4n) is 2.78. The summed E-state index contributed by atoms with van der Waals surface area (Å²) in [6.45, 7) is 4.84. The molecule has 5 nitrogen and oxygen atoms in total. The largest absolute Gasteiger partial charge is 0.361 e. The van der Waals surface area contributed by atoms with Gasteiger partial charge in [-0.2, -0.15) is 0 Å². The molecule has 23 heavy (non-hydrogen) atoms. The number of benzene rings is 1. The number of anilines is 1. The van der Waals surface area contributed by atoms with E-state index in [4.69, 9.17) is 16.1 Å². The number of likely N-dealkylation sites (tertiary alicyclic amines) is 1. The van der Waals surface area contributed by atoms with Gasteiger partial charge in [-0.1, -0.05) is 30.6 Å². The molecule has 1 aliphatic heterocycles. The lowest BCUT2D eigenvalue weighted by atomic mass is 10.1. The van der Waals surface area contributed by atoms with Gasteiger partial charge in [0.05, 0.1) is 6.04 Å². The number of nitrogens with one attached hydrogen (secondary N) is 1. The molecule has 0 bridgehead atoms. The standard InChI is InChI=1S/C17H20ClN3O2/c1-11(2)16-10-14(20-23-16)15-4-3-9-21(15)17(22)19-13-7-5-12(18)6-8-13/h5-8,10-11,15H,3-4,9H2,1-2H3,(H,19,22). The van der Waals surface area contributed by atoms with Gasteiger partial charge in [-0.05, 0) is 37.1 Å². The van der Waals surface area contributed by atoms with Crippen molar-refractivity contribution in [1.82, 2.24) is 10.1 Å². The molecule has 0 spiro atoms. The molecule has 0 radical (unpaired) electrons. The Balaban J connectivity index is 1.72. The normalized spacial score (nSPS) is 17.7. The lowest BCUT2D eigenvalue weighted by molar-refractivity contribution is 0.204. The molecule has 122 valence electrons. The highest BCUT2D eigenvalue weighted by atomic mass is 35.5. The highest BCUT2D eigenvalue weighted by molar-refractivity contribution is 6.30. The highest BCUT2D eigenvalue weighted by Gasteiger charge is 2.32. The molecule has 1 aromatic heterocycles. The van der Waals surface area contributed by atoms with E-state index in [0.717, 1.165) is 30.0 Å². The van der Waals surface area contributed by atoms with E-state index >= 15 is 0 Å². The first-order valence-electron chi connectivity index (χ1n) is 7.84. The molecular weight excluding hydrogens is 314 g/mol. The minimum Gasteiger partial charge on any atom is -0.361 e. The van der Waals surface area contributed by atoms with Crippen LogP contribution in [-0.4, -0.2) is 22.6 Å². The van der Waals surface area contributed by atoms with Crippen LogP contribution in [0.1, 0.15) is 50.1 Å². The molecule has 2 amide bonds. The summed E-state index contributed by atoms with van der Waals surface area (Å²) in [7, 11) is 0. The molecule has 1 N–H and O–H groups in total. The number of rotatable bonds is 3. The number of halogens is 1. The molecule has 3 rings (SSSR count). The Hall–Kier alpha value is -2.01. The quantitative estimate of drug-likeness (QED) is 0.876. The van der Waals surface area contributed by atoms with Gasteiger partial charge in [-0.15, -0.1) is 0 Å². The number of hydrogen-bond donors (Lipinski definition) is 1. The molecule has 1 fully saturated rings. The number of hydrogen-bond acceptors (Lipinski definition) is 3. The summed E-state index contributed by atoms with van der Waals surface area (Å²) < 4.78 is 5.37. The second-order valence-electron chi connectivity index (χ2n) is 6.10. The third kappa shape index (κ3) is 3.50. The smallest absolute Gasteiger partial charge is 0.322 e. The van der Waals surface area contributed by atoms with E-state index in [0.29, 0.717) is 11.6 Å². The Labute approximate surface area is 140 Å². The van der Waals surface area contributed by atoms with Gasteiger partial charge in [0.25, 0.3) is 0 Å². The van der Waals surface area contributed by atoms with Crippen molar-refractivity contribution in [2.24, 2.45) is 0 Å². The summed E-state index contributed by atoms with van der Waals surface area (Å²) in [6, 6.07) is 8.90. The summed E-state index contributed by atoms with van der Waals surface area (Å²) in [5, 5.41) is 7.71. The Bertz CT molecular complexity index is 681. The number of carbonyl (C=O) groups is 1. The first kappa shape index (κ1) is 15.9. The molecular formula is C17H20ClN3O2. The van der Waals surface area contributed by atoms with Crippen LogP contribution in [0.25, 0.3) is 0 Å². The average molecular weight is 334 g/mol. The van der Waals surface area contributed by atoms with Crippen LogP contribution >= 0.6 is 11.6 Å². The first-order valence-corrected chi connectivity index (χ1v) is 8.22. The van der Waals surface area contributed by atoms with Crippen molar-refractivity contribution in [2.45, 2.75) is 38.6 Å². The van der Waals surface area contributed by atoms with Gasteiger partial charge in [-0.25, -0.2) is 4.79 Å². The Morgan fingerprint density at radius 3 is 2.78 bits per heavy atom. The molecule has 2 aromatic rings. The first-order chi connectivity index (χ1) is 11.0. The second kappa shape index (κ2) is 6.62. The predicted octanol–water partition coefficient (Wildman–Crippen LogP) is 4.82. The lowest BCUT2D eigenvalue weighted by Crippen LogP contribution is -2.34. The van der Waals surface area contributed by atoms with Gasteiger partial charge in [0.1, 0.15) is 11.5 Å². The zero-order chi connectivity index (χ0) is 16.4. The van der Waals surface area contributed by atoms with Gasteiger partial charge in [-0.3, -0.25) is 0 Å². The molecule has 2 heterocycles. The fourth-order valence-corrected chi connectivity index (χ4v) is 2.90. The second-order valence-corrected chi connectivity index (χ2v) is 6.53. The molecule has 0 aliphatic carbocycles. The van der Waals surface area contributed by atoms with Gasteiger partial charge in [0.15, 0.2) is 0 Å². The average Bonchev–Trinajstić information content (AvgIpc) is 3.17. The van der Waals surface area contributed by atoms with Crippen LogP contribution in [0.2, 0.25) is 5.02 Å². The molecule has 1 saturated heterocycles. The van der Waals surface area contributed by atoms with E-state index < -0.39 is 0 Å². The molecule has 1 unspecified atom stereocenters. The van der Waals surface area contributed by atoms with Gasteiger partial charge < -0.3 is 14.7 Å². The van der Waals surface area contributed by atoms with Crippen molar-refractivity contribution in [1.29, 1.82) is 0 Å². The van der Waals surface area contributed by atoms with Crippen molar-refractivity contribution < 1.29 is 9.32 Å². The number of carbonyl (C=O) groups excluding carboxylic acids is 1. The van der Waals surface area contributed by atoms with Crippen LogP contribution in [0.5, 0.6) is 0 Å². The predicted molar refractivity (Wildman–Crippen MR) is 89.7 cm³/mol. The summed E-state index contributed by atoms with van der Waals surface area (Å²) in [5.74, 6) is 1.14. The minimum absolute atomic E-state index is 0.0291. The Morgan fingerprint density at radius 1 is 1.39 bits per heavy atom. The zero-order valence-electron chi connectivity index (χ0n) is 13.3. The SMILES string of the molecule is CC(C)c1cc(C2CCCN2C(=O)Nc2ccc(Cl)cc2)no1. The molecule has 1 aliphatic rings. The fraction of sp³-hybridized carbons (Fsp3) is 0.412. The zero-order valence-corrected chi connectivity index (χ0v) is 14.0. The molecule has 1 aromatic carbocycles. The number of amides is 2. The Morgan fingerprint density at radius 2 is 2.13 bits per heavy atom. The number of aromatic nitrogens is 1. The molecule has 1 atom stereocenters. The van der Waals surface area contributed by atoms with Crippen LogP contribution in [0, 0.1) is 0 Å². The van der Waals surface area contributed by atoms with E-state index in [2.05, 4.69) is 24.3 Å². The van der Waals surface area contributed by atoms with Crippen molar-refractivity contribution >= 4 is 23.3 Å². The van der Waals surface area contributed by atoms with E-state index in [1.54, 1.807) is 24.3 Å². The number of urea groups is 1. The maximum Gasteiger partial charge on any atom is 0.322 e. The van der Waals surface area contributed by atoms with Gasteiger partial charge in [0.2, 0.25) is 0 Å². The lowest BCUT2D eigenvalue weighted by Gasteiger charge is -2.23. The van der Waals surface area contributed by atoms with Crippen molar-refractivity contribution in [2.75, 3.05) is 11.9 Å². The highest BCUT2D eigenvalue weighted by Crippen LogP contribution is 2.33. The third-order valence-electron chi connectivity index (χ3n) is 4.07. The molecule has 0 saturated carbocycles. The van der Waals surface area contributed by atoms with Gasteiger partial charge >= 0.3 is 6.03 Å². The van der Waals surface area contributed by atoms with Crippen LogP contribution in [0.3, 0.4) is 0 Å². The van der Waals surface area contributed by atoms with Crippen LogP contribution in [0.15, 0.2) is 34.9 Å². The van der Waals surface area contributed by atoms with E-state index in [1.165, 1.54) is 0 Å². The maximum atomic E-state index is 12.5. The summed E-state index contributed by atoms with van der Waals surface area (Å²) in [6.07, 6.45) is 1.86. The minimum atomic E-state index is -0.121. The van der Waals surface area contributed by atoms with Crippen molar-refractivity contribution in [3.05, 3.63) is 46.8 Å². The van der Waals surface area contributed by atoms with Gasteiger partial charge in [0, 0.05) is 29.2 Å². The summed E-state index contributed by atoms with van der Waals surface area (Å²) >= 11 is 5.86. The monoisotopic (exact) mass is 333 g/mol. The topological polar surface area (TPSA) is 58.4 Å². The van der Waals surface area contributed by atoms with Crippen molar-refractivity contribution in [3.63, 3.8) is 0 Å². The maximum absolute atomic E-state index is 12.5. The Kier molecular flexibility index (Phi) is 4.57. The van der Waals surface area contributed by atoms with E-state index in [-0.39, 0.29) is 18.0 Å². The third-order valence-corrected chi connectivity index (χ3v) is 4.32. The van der Waals surface area contributed by atoms with Crippen LogP contribution in [-0.2, 0) is 0 Å². The van der Waals surface area contributed by atoms with Crippen LogP contribution < -0.4 is 5.32 Å². The number of nitrogens with zero attached hydrogens (tertiary/aromatic N) is 2. The summed E-state index contributed by atoms with van der Waals surface area (Å²) in [4.78, 5) is 14.4. The molecule has 6 heteroatoms. The van der Waals surface area contributed by atoms with Crippen molar-refractivity contribution in [3.8, 4) is 0 Å². The summed E-state index contributed by atoms with van der Waals surface area (Å²) in [5.41, 5.74) is 1.56. The van der Waals surface area contributed by atoms with Crippen LogP contribution in [0.4, 0.5) is 10.5 Å². The van der Waals surface area contributed by atoms with E-state index in [9.17, 15) is 4.79 Å².